The van der Waals surface area contributed by atoms with Crippen LogP contribution < -0.4 is 4.74 Å². The number of fused-ring (bicyclic) bond motifs is 5. The van der Waals surface area contributed by atoms with Crippen LogP contribution in [-0.2, 0) is 0 Å². The topological polar surface area (TPSA) is 60.2 Å². The second-order valence-electron chi connectivity index (χ2n) is 9.90. The molecule has 7 aromatic rings. The fourth-order valence-corrected chi connectivity index (χ4v) is 5.34. The number of hydrogen-bond acceptors (Lipinski definition) is 4. The van der Waals surface area contributed by atoms with Gasteiger partial charge in [0.2, 0.25) is 5.88 Å². The molecule has 0 aliphatic carbocycles. The minimum atomic E-state index is 0.146. The summed E-state index contributed by atoms with van der Waals surface area (Å²) in [5.74, 6) is 2.36. The molecule has 7 rings (SSSR count). The van der Waals surface area contributed by atoms with Crippen LogP contribution in [0.5, 0.6) is 17.4 Å². The van der Waals surface area contributed by atoms with Crippen LogP contribution in [0.1, 0.15) is 25.3 Å². The van der Waals surface area contributed by atoms with Crippen molar-refractivity contribution in [2.24, 2.45) is 0 Å². The Labute approximate surface area is 219 Å². The van der Waals surface area contributed by atoms with Gasteiger partial charge >= 0.3 is 0 Å². The summed E-state index contributed by atoms with van der Waals surface area (Å²) >= 11 is 0. The molecule has 5 nitrogen and oxygen atoms in total. The molecule has 0 spiro atoms. The Hall–Kier alpha value is -4.90. The van der Waals surface area contributed by atoms with E-state index in [0.29, 0.717) is 17.1 Å². The predicted molar refractivity (Wildman–Crippen MR) is 154 cm³/mol. The minimum absolute atomic E-state index is 0.146. The SMILES string of the molecule is CC(C)c1cc(Oc2ccc3c4ccccc4n(-c4cc5ccccc5cn4)c3c2)nc2c(O)cccc12. The van der Waals surface area contributed by atoms with E-state index in [4.69, 9.17) is 9.72 Å². The van der Waals surface area contributed by atoms with Gasteiger partial charge in [0.1, 0.15) is 22.8 Å². The third-order valence-electron chi connectivity index (χ3n) is 7.16. The lowest BCUT2D eigenvalue weighted by atomic mass is 9.98. The van der Waals surface area contributed by atoms with Crippen molar-refractivity contribution in [3.05, 3.63) is 109 Å². The van der Waals surface area contributed by atoms with Crippen LogP contribution in [0, 0.1) is 0 Å². The molecule has 0 saturated carbocycles. The van der Waals surface area contributed by atoms with Crippen molar-refractivity contribution in [1.29, 1.82) is 0 Å². The molecular formula is C33H25N3O2. The number of phenolic OH excluding ortho intramolecular Hbond substituents is 1. The number of aromatic nitrogens is 3. The van der Waals surface area contributed by atoms with Crippen LogP contribution in [-0.4, -0.2) is 19.6 Å². The Morgan fingerprint density at radius 3 is 2.37 bits per heavy atom. The zero-order valence-electron chi connectivity index (χ0n) is 21.1. The van der Waals surface area contributed by atoms with Gasteiger partial charge in [0.25, 0.3) is 0 Å². The van der Waals surface area contributed by atoms with E-state index in [1.165, 1.54) is 0 Å². The van der Waals surface area contributed by atoms with Crippen LogP contribution in [0.2, 0.25) is 0 Å². The first-order valence-corrected chi connectivity index (χ1v) is 12.8. The quantitative estimate of drug-likeness (QED) is 0.266. The summed E-state index contributed by atoms with van der Waals surface area (Å²) < 4.78 is 8.53. The van der Waals surface area contributed by atoms with Gasteiger partial charge in [0.15, 0.2) is 0 Å². The molecule has 0 fully saturated rings. The van der Waals surface area contributed by atoms with E-state index in [1.54, 1.807) is 6.07 Å². The van der Waals surface area contributed by atoms with Crippen LogP contribution in [0.4, 0.5) is 0 Å². The maximum absolute atomic E-state index is 10.5. The van der Waals surface area contributed by atoms with Crippen molar-refractivity contribution in [2.75, 3.05) is 0 Å². The Kier molecular flexibility index (Phi) is 5.05. The van der Waals surface area contributed by atoms with Crippen molar-refractivity contribution in [2.45, 2.75) is 19.8 Å². The third-order valence-corrected chi connectivity index (χ3v) is 7.16. The van der Waals surface area contributed by atoms with Crippen LogP contribution in [0.25, 0.3) is 49.3 Å². The maximum atomic E-state index is 10.5. The van der Waals surface area contributed by atoms with E-state index in [-0.39, 0.29) is 11.7 Å². The Morgan fingerprint density at radius 1 is 0.737 bits per heavy atom. The van der Waals surface area contributed by atoms with E-state index in [0.717, 1.165) is 49.3 Å². The molecule has 0 unspecified atom stereocenters. The lowest BCUT2D eigenvalue weighted by Gasteiger charge is -2.14. The number of phenols is 1. The second kappa shape index (κ2) is 8.60. The highest BCUT2D eigenvalue weighted by Crippen LogP contribution is 2.37. The van der Waals surface area contributed by atoms with Crippen molar-refractivity contribution in [3.8, 4) is 23.2 Å². The van der Waals surface area contributed by atoms with Gasteiger partial charge in [-0.2, -0.15) is 0 Å². The molecule has 3 heterocycles. The first-order chi connectivity index (χ1) is 18.6. The fourth-order valence-electron chi connectivity index (χ4n) is 5.34. The summed E-state index contributed by atoms with van der Waals surface area (Å²) in [6.07, 6.45) is 1.92. The number of aromatic hydroxyl groups is 1. The molecular weight excluding hydrogens is 470 g/mol. The summed E-state index contributed by atoms with van der Waals surface area (Å²) in [6, 6.07) is 32.3. The average Bonchev–Trinajstić information content (AvgIpc) is 3.26. The van der Waals surface area contributed by atoms with Gasteiger partial charge in [-0.15, -0.1) is 0 Å². The molecule has 0 saturated heterocycles. The Morgan fingerprint density at radius 2 is 1.50 bits per heavy atom. The van der Waals surface area contributed by atoms with Gasteiger partial charge in [0, 0.05) is 39.9 Å². The zero-order valence-corrected chi connectivity index (χ0v) is 21.1. The molecule has 4 aromatic carbocycles. The summed E-state index contributed by atoms with van der Waals surface area (Å²) in [6.45, 7) is 4.26. The molecule has 1 N–H and O–H groups in total. The lowest BCUT2D eigenvalue weighted by Crippen LogP contribution is -1.98. The number of benzene rings is 4. The van der Waals surface area contributed by atoms with E-state index in [9.17, 15) is 5.11 Å². The zero-order chi connectivity index (χ0) is 25.8. The largest absolute Gasteiger partial charge is 0.506 e. The maximum Gasteiger partial charge on any atom is 0.220 e. The molecule has 3 aromatic heterocycles. The van der Waals surface area contributed by atoms with Gasteiger partial charge in [-0.05, 0) is 47.2 Å². The smallest absolute Gasteiger partial charge is 0.220 e. The Bertz CT molecular complexity index is 2010. The van der Waals surface area contributed by atoms with Crippen LogP contribution >= 0.6 is 0 Å². The summed E-state index contributed by atoms with van der Waals surface area (Å²) in [7, 11) is 0. The molecule has 0 amide bonds. The molecule has 0 aliphatic heterocycles. The van der Waals surface area contributed by atoms with Crippen LogP contribution in [0.3, 0.4) is 0 Å². The normalized spacial score (nSPS) is 11.8. The van der Waals surface area contributed by atoms with E-state index >= 15 is 0 Å². The molecule has 0 radical (unpaired) electrons. The van der Waals surface area contributed by atoms with Gasteiger partial charge in [0.05, 0.1) is 11.0 Å². The average molecular weight is 496 g/mol. The van der Waals surface area contributed by atoms with Crippen molar-refractivity contribution in [1.82, 2.24) is 14.5 Å². The third kappa shape index (κ3) is 3.55. The summed E-state index contributed by atoms with van der Waals surface area (Å²) in [4.78, 5) is 9.48. The molecule has 0 bridgehead atoms. The molecule has 0 atom stereocenters. The van der Waals surface area contributed by atoms with E-state index in [2.05, 4.69) is 71.9 Å². The number of para-hydroxylation sites is 2. The number of rotatable bonds is 4. The molecule has 184 valence electrons. The molecule has 38 heavy (non-hydrogen) atoms. The number of hydrogen-bond donors (Lipinski definition) is 1. The standard InChI is InChI=1S/C33H25N3O2/c1-20(2)27-18-32(35-33-26(27)11-7-13-30(33)37)38-23-14-15-25-24-10-5-6-12-28(24)36(29(25)17-23)31-16-21-8-3-4-9-22(21)19-34-31/h3-20,37H,1-2H3. The Balaban J connectivity index is 1.41. The predicted octanol–water partition coefficient (Wildman–Crippen LogP) is 8.50. The van der Waals surface area contributed by atoms with Crippen LogP contribution in [0.15, 0.2) is 103 Å². The highest BCUT2D eigenvalue weighted by Gasteiger charge is 2.16. The van der Waals surface area contributed by atoms with Gasteiger partial charge in [-0.3, -0.25) is 4.57 Å². The summed E-state index contributed by atoms with van der Waals surface area (Å²) in [5, 5.41) is 15.9. The minimum Gasteiger partial charge on any atom is -0.506 e. The lowest BCUT2D eigenvalue weighted by molar-refractivity contribution is 0.459. The highest BCUT2D eigenvalue weighted by atomic mass is 16.5. The van der Waals surface area contributed by atoms with Gasteiger partial charge in [-0.1, -0.05) is 68.4 Å². The molecule has 0 aliphatic rings. The summed E-state index contributed by atoms with van der Waals surface area (Å²) in [5.41, 5.74) is 3.71. The number of ether oxygens (including phenoxy) is 1. The van der Waals surface area contributed by atoms with E-state index < -0.39 is 0 Å². The highest BCUT2D eigenvalue weighted by molar-refractivity contribution is 6.09. The molecule has 5 heteroatoms. The van der Waals surface area contributed by atoms with Crippen molar-refractivity contribution >= 4 is 43.5 Å². The van der Waals surface area contributed by atoms with Gasteiger partial charge < -0.3 is 9.84 Å². The number of pyridine rings is 2. The van der Waals surface area contributed by atoms with Gasteiger partial charge in [-0.25, -0.2) is 9.97 Å². The fraction of sp³-hybridized carbons (Fsp3) is 0.0909. The second-order valence-corrected chi connectivity index (χ2v) is 9.90. The van der Waals surface area contributed by atoms with Crippen molar-refractivity contribution < 1.29 is 9.84 Å². The van der Waals surface area contributed by atoms with Crippen molar-refractivity contribution in [3.63, 3.8) is 0 Å². The monoisotopic (exact) mass is 495 g/mol. The first kappa shape index (κ1) is 22.3. The number of nitrogens with zero attached hydrogens (tertiary/aromatic N) is 3. The first-order valence-electron chi connectivity index (χ1n) is 12.8. The van der Waals surface area contributed by atoms with E-state index in [1.807, 2.05) is 48.7 Å².